The molecule has 0 aliphatic rings. The number of aromatic nitrogens is 1. The van der Waals surface area contributed by atoms with Crippen LogP contribution in [0.2, 0.25) is 0 Å². The predicted octanol–water partition coefficient (Wildman–Crippen LogP) is 2.54. The number of carbonyl (C=O) groups is 2. The van der Waals surface area contributed by atoms with Crippen molar-refractivity contribution in [2.24, 2.45) is 0 Å². The SMILES string of the molecule is CNc1snc(C)c1C(=O)OCC(=O)NC(C)c1cc(OC)ccc1OC. The van der Waals surface area contributed by atoms with Gasteiger partial charge in [0.25, 0.3) is 5.91 Å². The van der Waals surface area contributed by atoms with Gasteiger partial charge in [0.05, 0.1) is 26.0 Å². The molecule has 1 aromatic carbocycles. The molecule has 2 rings (SSSR count). The third kappa shape index (κ3) is 4.88. The Morgan fingerprint density at radius 2 is 2.00 bits per heavy atom. The average Bonchev–Trinajstić information content (AvgIpc) is 3.06. The van der Waals surface area contributed by atoms with Gasteiger partial charge in [-0.05, 0) is 43.6 Å². The Bertz CT molecular complexity index is 821. The van der Waals surface area contributed by atoms with Gasteiger partial charge in [0, 0.05) is 12.6 Å². The molecule has 0 aliphatic carbocycles. The molecule has 0 saturated carbocycles. The molecule has 146 valence electrons. The highest BCUT2D eigenvalue weighted by atomic mass is 32.1. The van der Waals surface area contributed by atoms with Gasteiger partial charge in [-0.15, -0.1) is 0 Å². The van der Waals surface area contributed by atoms with Crippen LogP contribution in [0.15, 0.2) is 18.2 Å². The van der Waals surface area contributed by atoms with Crippen molar-refractivity contribution in [3.63, 3.8) is 0 Å². The number of hydrogen-bond donors (Lipinski definition) is 2. The minimum absolute atomic E-state index is 0.345. The molecule has 1 amide bonds. The molecule has 0 radical (unpaired) electrons. The lowest BCUT2D eigenvalue weighted by Crippen LogP contribution is -2.31. The molecule has 0 saturated heterocycles. The molecule has 2 N–H and O–H groups in total. The van der Waals surface area contributed by atoms with E-state index in [1.807, 2.05) is 6.92 Å². The Morgan fingerprint density at radius 3 is 2.63 bits per heavy atom. The third-order valence-electron chi connectivity index (χ3n) is 3.91. The summed E-state index contributed by atoms with van der Waals surface area (Å²) in [6.07, 6.45) is 0. The summed E-state index contributed by atoms with van der Waals surface area (Å²) in [6, 6.07) is 4.96. The maximum atomic E-state index is 12.2. The summed E-state index contributed by atoms with van der Waals surface area (Å²) in [5.41, 5.74) is 1.66. The fourth-order valence-corrected chi connectivity index (χ4v) is 3.26. The third-order valence-corrected chi connectivity index (χ3v) is 4.87. The van der Waals surface area contributed by atoms with Crippen molar-refractivity contribution in [2.45, 2.75) is 19.9 Å². The van der Waals surface area contributed by atoms with Crippen LogP contribution < -0.4 is 20.1 Å². The first-order valence-corrected chi connectivity index (χ1v) is 9.01. The maximum absolute atomic E-state index is 12.2. The molecule has 0 aliphatic heterocycles. The second-order valence-electron chi connectivity index (χ2n) is 5.70. The van der Waals surface area contributed by atoms with Crippen LogP contribution in [0.25, 0.3) is 0 Å². The molecule has 27 heavy (non-hydrogen) atoms. The zero-order chi connectivity index (χ0) is 20.0. The van der Waals surface area contributed by atoms with E-state index in [2.05, 4.69) is 15.0 Å². The quantitative estimate of drug-likeness (QED) is 0.665. The van der Waals surface area contributed by atoms with Crippen molar-refractivity contribution in [3.8, 4) is 11.5 Å². The first-order valence-electron chi connectivity index (χ1n) is 8.23. The Balaban J connectivity index is 1.99. The van der Waals surface area contributed by atoms with Crippen LogP contribution in [-0.2, 0) is 9.53 Å². The number of anilines is 1. The van der Waals surface area contributed by atoms with Gasteiger partial charge in [-0.25, -0.2) is 4.79 Å². The van der Waals surface area contributed by atoms with E-state index in [0.717, 1.165) is 5.56 Å². The summed E-state index contributed by atoms with van der Waals surface area (Å²) in [5, 5.41) is 6.28. The molecule has 1 heterocycles. The highest BCUT2D eigenvalue weighted by Gasteiger charge is 2.21. The molecule has 1 unspecified atom stereocenters. The topological polar surface area (TPSA) is 98.8 Å². The molecular formula is C18H23N3O5S. The van der Waals surface area contributed by atoms with E-state index in [1.165, 1.54) is 11.5 Å². The van der Waals surface area contributed by atoms with E-state index in [4.69, 9.17) is 14.2 Å². The number of methoxy groups -OCH3 is 2. The number of amides is 1. The minimum Gasteiger partial charge on any atom is -0.497 e. The number of carbonyl (C=O) groups excluding carboxylic acids is 2. The minimum atomic E-state index is -0.590. The number of ether oxygens (including phenoxy) is 3. The first kappa shape index (κ1) is 20.5. The number of hydrogen-bond acceptors (Lipinski definition) is 8. The summed E-state index contributed by atoms with van der Waals surface area (Å²) in [6.45, 7) is 3.13. The average molecular weight is 393 g/mol. The second kappa shape index (κ2) is 9.22. The van der Waals surface area contributed by atoms with Gasteiger partial charge in [-0.3, -0.25) is 4.79 Å². The number of nitrogens with one attached hydrogen (secondary N) is 2. The van der Waals surface area contributed by atoms with Gasteiger partial charge in [0.2, 0.25) is 0 Å². The summed E-state index contributed by atoms with van der Waals surface area (Å²) in [7, 11) is 4.81. The lowest BCUT2D eigenvalue weighted by molar-refractivity contribution is -0.124. The highest BCUT2D eigenvalue weighted by molar-refractivity contribution is 7.10. The number of rotatable bonds is 8. The fraction of sp³-hybridized carbons (Fsp3) is 0.389. The van der Waals surface area contributed by atoms with E-state index in [-0.39, 0.29) is 6.04 Å². The number of nitrogens with zero attached hydrogens (tertiary/aromatic N) is 1. The first-order chi connectivity index (χ1) is 12.9. The molecule has 2 aromatic rings. The normalized spacial score (nSPS) is 11.4. The Labute approximate surface area is 162 Å². The van der Waals surface area contributed by atoms with Crippen LogP contribution in [0.1, 0.15) is 34.6 Å². The fourth-order valence-electron chi connectivity index (χ4n) is 2.52. The van der Waals surface area contributed by atoms with Crippen molar-refractivity contribution < 1.29 is 23.8 Å². The zero-order valence-corrected chi connectivity index (χ0v) is 16.7. The Morgan fingerprint density at radius 1 is 1.26 bits per heavy atom. The number of aryl methyl sites for hydroxylation is 1. The van der Waals surface area contributed by atoms with Crippen LogP contribution >= 0.6 is 11.5 Å². The van der Waals surface area contributed by atoms with Crippen LogP contribution in [-0.4, -0.2) is 44.1 Å². The Kier molecular flexibility index (Phi) is 7.00. The lowest BCUT2D eigenvalue weighted by Gasteiger charge is -2.18. The van der Waals surface area contributed by atoms with Crippen molar-refractivity contribution >= 4 is 28.4 Å². The van der Waals surface area contributed by atoms with Gasteiger partial charge < -0.3 is 24.8 Å². The molecule has 1 aromatic heterocycles. The monoisotopic (exact) mass is 393 g/mol. The molecule has 1 atom stereocenters. The second-order valence-corrected chi connectivity index (χ2v) is 6.47. The van der Waals surface area contributed by atoms with Crippen molar-refractivity contribution in [1.82, 2.24) is 9.69 Å². The lowest BCUT2D eigenvalue weighted by atomic mass is 10.1. The summed E-state index contributed by atoms with van der Waals surface area (Å²) in [5.74, 6) is 0.262. The van der Waals surface area contributed by atoms with Crippen molar-refractivity contribution in [1.29, 1.82) is 0 Å². The predicted molar refractivity (Wildman–Crippen MR) is 103 cm³/mol. The maximum Gasteiger partial charge on any atom is 0.343 e. The van der Waals surface area contributed by atoms with Crippen LogP contribution in [0.4, 0.5) is 5.00 Å². The van der Waals surface area contributed by atoms with E-state index >= 15 is 0 Å². The largest absolute Gasteiger partial charge is 0.497 e. The van der Waals surface area contributed by atoms with Gasteiger partial charge in [-0.2, -0.15) is 4.37 Å². The summed E-state index contributed by atoms with van der Waals surface area (Å²) >= 11 is 1.17. The number of esters is 1. The van der Waals surface area contributed by atoms with Gasteiger partial charge in [0.15, 0.2) is 6.61 Å². The van der Waals surface area contributed by atoms with Gasteiger partial charge >= 0.3 is 5.97 Å². The summed E-state index contributed by atoms with van der Waals surface area (Å²) in [4.78, 5) is 24.4. The molecule has 9 heteroatoms. The molecule has 0 bridgehead atoms. The molecule has 8 nitrogen and oxygen atoms in total. The van der Waals surface area contributed by atoms with E-state index in [9.17, 15) is 9.59 Å². The van der Waals surface area contributed by atoms with Crippen molar-refractivity contribution in [3.05, 3.63) is 35.0 Å². The van der Waals surface area contributed by atoms with Gasteiger partial charge in [-0.1, -0.05) is 0 Å². The van der Waals surface area contributed by atoms with Crippen LogP contribution in [0.5, 0.6) is 11.5 Å². The highest BCUT2D eigenvalue weighted by Crippen LogP contribution is 2.29. The smallest absolute Gasteiger partial charge is 0.343 e. The van der Waals surface area contributed by atoms with Crippen molar-refractivity contribution in [2.75, 3.05) is 33.2 Å². The standard InChI is InChI=1S/C18H23N3O5S/c1-10(13-8-12(24-4)6-7-14(13)25-5)20-15(22)9-26-18(23)16-11(2)21-27-17(16)19-3/h6-8,10,19H,9H2,1-5H3,(H,20,22). The van der Waals surface area contributed by atoms with E-state index in [1.54, 1.807) is 46.4 Å². The zero-order valence-electron chi connectivity index (χ0n) is 15.9. The van der Waals surface area contributed by atoms with Crippen LogP contribution in [0.3, 0.4) is 0 Å². The molecule has 0 spiro atoms. The number of benzene rings is 1. The molecule has 0 fully saturated rings. The molecular weight excluding hydrogens is 370 g/mol. The Hall–Kier alpha value is -2.81. The van der Waals surface area contributed by atoms with E-state index in [0.29, 0.717) is 27.8 Å². The van der Waals surface area contributed by atoms with E-state index < -0.39 is 18.5 Å². The summed E-state index contributed by atoms with van der Waals surface area (Å²) < 4.78 is 19.8. The van der Waals surface area contributed by atoms with Gasteiger partial charge in [0.1, 0.15) is 22.1 Å². The van der Waals surface area contributed by atoms with Crippen LogP contribution in [0, 0.1) is 6.92 Å².